The smallest absolute Gasteiger partial charge is 0.532 e. The fourth-order valence-electron chi connectivity index (χ4n) is 6.87. The third-order valence-corrected chi connectivity index (χ3v) is 256. The molecule has 49 nitrogen and oxygen atoms in total. The summed E-state index contributed by atoms with van der Waals surface area (Å²) >= 11 is 0. The van der Waals surface area contributed by atoms with E-state index in [2.05, 4.69) is 13.2 Å². The highest BCUT2D eigenvalue weighted by Gasteiger charge is 2.59. The lowest BCUT2D eigenvalue weighted by Crippen LogP contribution is -2.58. The van der Waals surface area contributed by atoms with Crippen molar-refractivity contribution in [3.63, 3.8) is 0 Å². The van der Waals surface area contributed by atoms with E-state index < -0.39 is 266 Å². The maximum Gasteiger partial charge on any atom is 0.532 e. The number of aliphatic hydroxyl groups excluding tert-OH is 5. The molecule has 5 N–H and O–H groups in total. The molecule has 81 heteroatoms. The van der Waals surface area contributed by atoms with Gasteiger partial charge in [-0.25, -0.2) is 0 Å². The van der Waals surface area contributed by atoms with Gasteiger partial charge in [0.25, 0.3) is 0 Å². The van der Waals surface area contributed by atoms with Crippen LogP contribution in [0.3, 0.4) is 0 Å². The molecule has 3 atom stereocenters. The molecule has 0 aromatic rings. The van der Waals surface area contributed by atoms with Crippen LogP contribution in [0.2, 0.25) is 39.3 Å². The van der Waals surface area contributed by atoms with Crippen molar-refractivity contribution in [1.82, 2.24) is 0 Å². The largest absolute Gasteiger partial charge is 0.578 e. The van der Waals surface area contributed by atoms with Gasteiger partial charge in [-0.2, -0.15) is 0 Å². The summed E-state index contributed by atoms with van der Waals surface area (Å²) in [6.07, 6.45) is 0.726. The lowest BCUT2D eigenvalue weighted by molar-refractivity contribution is -0.0662. The Morgan fingerprint density at radius 2 is 0.416 bits per heavy atom. The van der Waals surface area contributed by atoms with Crippen molar-refractivity contribution in [1.29, 1.82) is 0 Å². The molecule has 3 unspecified atom stereocenters. The van der Waals surface area contributed by atoms with Gasteiger partial charge in [0.1, 0.15) is 25.9 Å². The number of ether oxygens (including phenoxy) is 13. The van der Waals surface area contributed by atoms with Crippen molar-refractivity contribution in [2.45, 2.75) is 79.9 Å². The molecule has 0 aromatic heterocycles. The van der Waals surface area contributed by atoms with E-state index >= 15 is 0 Å². The first-order valence-electron chi connectivity index (χ1n) is 35.0. The Balaban J connectivity index is -0.000000409. The second kappa shape index (κ2) is 77.6. The summed E-state index contributed by atoms with van der Waals surface area (Å²) in [5, 5.41) is 44.9. The Labute approximate surface area is 758 Å². The highest BCUT2D eigenvalue weighted by Crippen LogP contribution is 2.04. The molecule has 0 aliphatic rings. The maximum atomic E-state index is 12.7. The van der Waals surface area contributed by atoms with E-state index in [1.807, 2.05) is 0 Å². The Morgan fingerprint density at radius 3 is 0.600 bits per heavy atom. The molecule has 125 heavy (non-hydrogen) atoms. The van der Waals surface area contributed by atoms with Crippen LogP contribution >= 0.6 is 0 Å². The summed E-state index contributed by atoms with van der Waals surface area (Å²) < 4.78 is 451. The van der Waals surface area contributed by atoms with E-state index in [0.29, 0.717) is 139 Å². The van der Waals surface area contributed by atoms with Crippen LogP contribution in [0.15, 0.2) is 25.3 Å². The van der Waals surface area contributed by atoms with E-state index in [0.717, 1.165) is 0 Å². The van der Waals surface area contributed by atoms with E-state index in [4.69, 9.17) is 81.0 Å². The average molecular weight is 2310 g/mol. The molecule has 0 rings (SSSR count). The van der Waals surface area contributed by atoms with Crippen molar-refractivity contribution < 1.29 is 227 Å². The van der Waals surface area contributed by atoms with Crippen LogP contribution in [0, 0.1) is 0 Å². The van der Waals surface area contributed by atoms with E-state index in [1.165, 1.54) is 39.3 Å². The summed E-state index contributed by atoms with van der Waals surface area (Å²) in [7, 11) is -137. The zero-order valence-corrected chi connectivity index (χ0v) is 98.3. The summed E-state index contributed by atoms with van der Waals surface area (Å²) in [6.45, 7) is 26.2. The highest BCUT2D eigenvalue weighted by molar-refractivity contribution is 7.85. The molecule has 0 saturated heterocycles. The van der Waals surface area contributed by atoms with Crippen molar-refractivity contribution >= 4 is 248 Å². The van der Waals surface area contributed by atoms with Crippen LogP contribution < -0.4 is 0 Å². The lowest BCUT2D eigenvalue weighted by Gasteiger charge is -2.16. The van der Waals surface area contributed by atoms with Gasteiger partial charge in [-0.05, 0) is 19.6 Å². The number of hydrogen-bond donors (Lipinski definition) is 5. The minimum Gasteiger partial charge on any atom is -0.578 e. The molecule has 0 fully saturated rings. The van der Waals surface area contributed by atoms with Crippen LogP contribution in [0.25, 0.3) is 0 Å². The van der Waals surface area contributed by atoms with Gasteiger partial charge >= 0.3 is 232 Å². The molecule has 0 bridgehead atoms. The van der Waals surface area contributed by atoms with Gasteiger partial charge < -0.3 is 225 Å². The second-order valence-electron chi connectivity index (χ2n) is 24.9. The predicted octanol–water partition coefficient (Wildman–Crippen LogP) is -11.5. The fraction of sp³-hybridized carbons (Fsp3) is 0.909. The van der Waals surface area contributed by atoms with Crippen molar-refractivity contribution in [2.75, 3.05) is 185 Å². The van der Waals surface area contributed by atoms with Gasteiger partial charge in [0, 0.05) is 1.43 Å². The first-order valence-corrected chi connectivity index (χ1v) is 114. The molecule has 0 amide bonds. The number of aliphatic hydroxyl groups is 5. The topological polar surface area (TPSA) is 742 Å². The fourth-order valence-corrected chi connectivity index (χ4v) is 368. The predicted molar refractivity (Wildman–Crippen MR) is 457 cm³/mol. The van der Waals surface area contributed by atoms with Gasteiger partial charge in [-0.3, -0.25) is 0 Å². The molecule has 0 spiro atoms. The zero-order valence-electron chi connectivity index (χ0n) is 66.3. The molecule has 0 radical (unpaired) electrons. The standard InChI is InChI=1S/C23H46O11.C12H24O7.C6H18O31Si32.3CH4.H2/c1-2-4-25-6-8-27-10-12-29-14-16-31-18-20-33-22-23-34-21-19-32-17-15-30-13-11-28-9-7-26-5-3-24;1-2-3-17-6-11(15)7-19-9-12(16)8-18-5-10(14)4-13;1-68(2,3)37-38(7)39(8)40(9)41(10)42(11)43(12)44(13)45(14)46(15)47(16)48(17)49(18)50(19)51(20)52(21)53(22)54(23)55(24)56(25)57(26)58(27)59(28)60(29)61(30)62(31)63(32)64(33)65(34)66(35)67(36)69(4,5)6;;;;/h2,24H,1,3-23H2;2,10-16H,1,3-9H2;1-6H3;3*1H4;1H. The molecule has 0 aliphatic heterocycles. The molecular formula is C44H102O49Si32. The normalized spacial score (nSPS) is 11.3. The molecule has 700 valence electrons. The van der Waals surface area contributed by atoms with Crippen molar-refractivity contribution in [3.8, 4) is 0 Å². The second-order valence-corrected chi connectivity index (χ2v) is 182. The Hall–Kier alpha value is -0.500. The van der Waals surface area contributed by atoms with E-state index in [9.17, 15) is 144 Å². The number of rotatable bonds is 76. The molecule has 0 heterocycles. The van der Waals surface area contributed by atoms with Crippen molar-refractivity contribution in [3.05, 3.63) is 25.3 Å². The SMILES string of the molecule is C.C.C.C=CCOCC(O)COCC(O)COCC(O)CO.C=CCOCCOCCOCCOCCOCCOCCOCCOCCOCCOCCO.C[Si](C)(C)O[Si](=O)[Si](=O)[Si](=O)[Si](=O)[Si](=O)[Si](=O)[Si](=O)[Si](=O)[Si](=O)[Si](=O)[Si](=O)[Si](=O)[Si](=O)[Si](=O)[Si](=O)[Si](=O)[Si](=O)[Si](=O)[Si](=O)[Si](=O)[Si](=O)[Si](=O)[Si](=O)[Si](=O)[Si](=O)[Si](=O)[Si](=O)[Si](=O)[Si](=O)[Si](=O)[Si](C)(C)C.[HH]. The maximum absolute atomic E-state index is 12.7. The highest BCUT2D eigenvalue weighted by atomic mass is 30.1. The molecule has 0 saturated carbocycles. The van der Waals surface area contributed by atoms with Gasteiger partial charge in [0.15, 0.2) is 0 Å². The average Bonchev–Trinajstić information content (AvgIpc) is 0.820. The van der Waals surface area contributed by atoms with Crippen LogP contribution in [-0.2, 0) is 200 Å². The summed E-state index contributed by atoms with van der Waals surface area (Å²) in [5.41, 5.74) is 0. The first kappa shape index (κ1) is 135. The van der Waals surface area contributed by atoms with Gasteiger partial charge in [-0.1, -0.05) is 54.1 Å². The van der Waals surface area contributed by atoms with Crippen LogP contribution in [0.4, 0.5) is 0 Å². The quantitative estimate of drug-likeness (QED) is 0.0214. The van der Waals surface area contributed by atoms with Crippen molar-refractivity contribution in [2.24, 2.45) is 0 Å². The Morgan fingerprint density at radius 1 is 0.248 bits per heavy atom. The van der Waals surface area contributed by atoms with Crippen LogP contribution in [-0.4, -0.2) is 477 Å². The van der Waals surface area contributed by atoms with Gasteiger partial charge in [0.2, 0.25) is 8.32 Å². The summed E-state index contributed by atoms with van der Waals surface area (Å²) in [5.74, 6) is 0. The summed E-state index contributed by atoms with van der Waals surface area (Å²) in [6, 6.07) is 0. The van der Waals surface area contributed by atoms with Crippen LogP contribution in [0.1, 0.15) is 23.7 Å². The van der Waals surface area contributed by atoms with Crippen LogP contribution in [0.5, 0.6) is 0 Å². The molecule has 0 aromatic carbocycles. The Kier molecular flexibility index (Phi) is 84.0. The third-order valence-electron chi connectivity index (χ3n) is 12.9. The Bertz CT molecular complexity index is 4020. The van der Waals surface area contributed by atoms with E-state index in [1.54, 1.807) is 12.2 Å². The van der Waals surface area contributed by atoms with Gasteiger partial charge in [-0.15, -0.1) is 13.2 Å². The minimum absolute atomic E-state index is 0. The van der Waals surface area contributed by atoms with E-state index in [-0.39, 0.29) is 70.0 Å². The van der Waals surface area contributed by atoms with Gasteiger partial charge in [0.05, 0.1) is 185 Å². The summed E-state index contributed by atoms with van der Waals surface area (Å²) in [4.78, 5) is 0. The first-order chi connectivity index (χ1) is 57.0. The molecule has 0 aliphatic carbocycles. The molecular weight excluding hydrogens is 2210 g/mol. The number of hydrogen-bond acceptors (Lipinski definition) is 49. The third kappa shape index (κ3) is 58.5. The lowest BCUT2D eigenvalue weighted by atomic mass is 10.4. The zero-order chi connectivity index (χ0) is 94.2. The monoisotopic (exact) mass is 2310 g/mol. The minimum atomic E-state index is -4.70.